The van der Waals surface area contributed by atoms with Gasteiger partial charge in [0.05, 0.1) is 4.92 Å². The highest BCUT2D eigenvalue weighted by Gasteiger charge is 2.14. The van der Waals surface area contributed by atoms with Crippen LogP contribution in [0, 0.1) is 10.1 Å². The smallest absolute Gasteiger partial charge is 0.271 e. The lowest BCUT2D eigenvalue weighted by molar-refractivity contribution is -0.384. The van der Waals surface area contributed by atoms with Gasteiger partial charge in [-0.3, -0.25) is 10.1 Å². The Bertz CT molecular complexity index is 378. The van der Waals surface area contributed by atoms with Crippen LogP contribution in [0.15, 0.2) is 18.2 Å². The van der Waals surface area contributed by atoms with E-state index in [9.17, 15) is 10.1 Å². The van der Waals surface area contributed by atoms with Crippen molar-refractivity contribution in [3.63, 3.8) is 0 Å². The average molecular weight is 240 g/mol. The molecule has 88 valence electrons. The summed E-state index contributed by atoms with van der Waals surface area (Å²) in [5.41, 5.74) is 1.04. The lowest BCUT2D eigenvalue weighted by atomic mass is 10.3. The van der Waals surface area contributed by atoms with E-state index in [1.54, 1.807) is 19.2 Å². The van der Waals surface area contributed by atoms with Crippen LogP contribution in [0.25, 0.3) is 0 Å². The highest BCUT2D eigenvalue weighted by atomic mass is 31.1. The van der Waals surface area contributed by atoms with Crippen LogP contribution in [0.3, 0.4) is 0 Å². The molecule has 0 bridgehead atoms. The van der Waals surface area contributed by atoms with Crippen LogP contribution in [-0.4, -0.2) is 24.3 Å². The van der Waals surface area contributed by atoms with E-state index >= 15 is 0 Å². The van der Waals surface area contributed by atoms with Crippen molar-refractivity contribution in [1.29, 1.82) is 0 Å². The molecule has 16 heavy (non-hydrogen) atoms. The Balaban J connectivity index is 3.15. The van der Waals surface area contributed by atoms with E-state index in [2.05, 4.69) is 19.2 Å². The summed E-state index contributed by atoms with van der Waals surface area (Å²) < 4.78 is 0. The Kier molecular flexibility index (Phi) is 4.69. The molecule has 1 rings (SSSR count). The molecule has 0 aliphatic rings. The summed E-state index contributed by atoms with van der Waals surface area (Å²) in [7, 11) is 1.61. The Labute approximate surface area is 97.0 Å². The summed E-state index contributed by atoms with van der Waals surface area (Å²) in [5, 5.41) is 15.0. The number of nitrogens with zero attached hydrogens (tertiary/aromatic N) is 1. The van der Waals surface area contributed by atoms with Gasteiger partial charge in [-0.15, -0.1) is 0 Å². The fourth-order valence-corrected chi connectivity index (χ4v) is 3.61. The summed E-state index contributed by atoms with van der Waals surface area (Å²) in [6.07, 6.45) is 2.22. The summed E-state index contributed by atoms with van der Waals surface area (Å²) >= 11 is 0. The highest BCUT2D eigenvalue weighted by Crippen LogP contribution is 2.36. The molecule has 1 aromatic carbocycles. The molecule has 0 unspecified atom stereocenters. The minimum atomic E-state index is -0.356. The normalized spacial score (nSPS) is 10.5. The first kappa shape index (κ1) is 12.9. The fourth-order valence-electron chi connectivity index (χ4n) is 1.68. The largest absolute Gasteiger partial charge is 0.387 e. The van der Waals surface area contributed by atoms with Crippen LogP contribution in [0.1, 0.15) is 13.8 Å². The van der Waals surface area contributed by atoms with Crippen molar-refractivity contribution in [3.05, 3.63) is 28.3 Å². The zero-order chi connectivity index (χ0) is 12.1. The lowest BCUT2D eigenvalue weighted by Gasteiger charge is -2.17. The number of rotatable bonds is 5. The molecule has 0 saturated heterocycles. The molecule has 0 atom stereocenters. The molecule has 0 aromatic heterocycles. The molecule has 4 nitrogen and oxygen atoms in total. The maximum Gasteiger partial charge on any atom is 0.271 e. The van der Waals surface area contributed by atoms with E-state index in [1.807, 2.05) is 6.07 Å². The van der Waals surface area contributed by atoms with Gasteiger partial charge in [-0.05, 0) is 23.7 Å². The van der Waals surface area contributed by atoms with Crippen molar-refractivity contribution < 1.29 is 4.92 Å². The third-order valence-electron chi connectivity index (χ3n) is 2.56. The van der Waals surface area contributed by atoms with Crippen LogP contribution in [0.2, 0.25) is 0 Å². The molecular weight excluding hydrogens is 223 g/mol. The number of nitrogens with one attached hydrogen (secondary N) is 1. The van der Waals surface area contributed by atoms with Crippen molar-refractivity contribution in [2.45, 2.75) is 13.8 Å². The predicted molar refractivity (Wildman–Crippen MR) is 70.3 cm³/mol. The number of nitro benzene ring substituents is 1. The molecule has 1 aromatic rings. The number of anilines is 1. The average Bonchev–Trinajstić information content (AvgIpc) is 2.30. The minimum Gasteiger partial charge on any atom is -0.387 e. The number of hydrogen-bond donors (Lipinski definition) is 1. The zero-order valence-electron chi connectivity index (χ0n) is 9.86. The molecule has 0 fully saturated rings. The number of non-ortho nitro benzene ring substituents is 1. The topological polar surface area (TPSA) is 55.2 Å². The number of benzene rings is 1. The van der Waals surface area contributed by atoms with Gasteiger partial charge < -0.3 is 5.32 Å². The van der Waals surface area contributed by atoms with Crippen molar-refractivity contribution >= 4 is 24.6 Å². The molecule has 5 heteroatoms. The van der Waals surface area contributed by atoms with E-state index in [1.165, 1.54) is 5.30 Å². The van der Waals surface area contributed by atoms with Gasteiger partial charge in [0.2, 0.25) is 0 Å². The molecule has 0 heterocycles. The van der Waals surface area contributed by atoms with Crippen molar-refractivity contribution in [2.24, 2.45) is 0 Å². The molecule has 0 aliphatic heterocycles. The molecule has 1 N–H and O–H groups in total. The molecule has 0 radical (unpaired) electrons. The van der Waals surface area contributed by atoms with Gasteiger partial charge in [-0.2, -0.15) is 0 Å². The van der Waals surface area contributed by atoms with Crippen LogP contribution in [0.5, 0.6) is 0 Å². The third kappa shape index (κ3) is 2.70. The van der Waals surface area contributed by atoms with Crippen molar-refractivity contribution in [2.75, 3.05) is 24.7 Å². The van der Waals surface area contributed by atoms with E-state index in [0.717, 1.165) is 18.0 Å². The first-order valence-corrected chi connectivity index (χ1v) is 7.06. The van der Waals surface area contributed by atoms with Crippen LogP contribution < -0.4 is 10.6 Å². The van der Waals surface area contributed by atoms with Gasteiger partial charge in [0.15, 0.2) is 0 Å². The van der Waals surface area contributed by atoms with Gasteiger partial charge in [-0.25, -0.2) is 0 Å². The van der Waals surface area contributed by atoms with Crippen LogP contribution in [-0.2, 0) is 0 Å². The Morgan fingerprint density at radius 3 is 2.44 bits per heavy atom. The van der Waals surface area contributed by atoms with Gasteiger partial charge in [-0.1, -0.05) is 21.8 Å². The lowest BCUT2D eigenvalue weighted by Crippen LogP contribution is -2.11. The SMILES string of the molecule is CCP(CC)c1ccc([N+](=O)[O-])cc1NC. The zero-order valence-corrected chi connectivity index (χ0v) is 10.8. The number of hydrogen-bond acceptors (Lipinski definition) is 3. The Morgan fingerprint density at radius 2 is 2.00 bits per heavy atom. The maximum atomic E-state index is 10.7. The fraction of sp³-hybridized carbons (Fsp3) is 0.455. The van der Waals surface area contributed by atoms with Crippen LogP contribution >= 0.6 is 7.92 Å². The van der Waals surface area contributed by atoms with E-state index in [4.69, 9.17) is 0 Å². The Morgan fingerprint density at radius 1 is 1.38 bits per heavy atom. The third-order valence-corrected chi connectivity index (χ3v) is 5.16. The van der Waals surface area contributed by atoms with E-state index in [0.29, 0.717) is 0 Å². The summed E-state index contributed by atoms with van der Waals surface area (Å²) in [5.74, 6) is 0. The first-order chi connectivity index (χ1) is 7.63. The second-order valence-corrected chi connectivity index (χ2v) is 6.21. The summed E-state index contributed by atoms with van der Waals surface area (Å²) in [6.45, 7) is 4.33. The standard InChI is InChI=1S/C11H17N2O2P/c1-4-16(5-2)11-7-6-9(13(14)15)8-10(11)12-3/h6-8,12H,4-5H2,1-3H3. The maximum absolute atomic E-state index is 10.7. The quantitative estimate of drug-likeness (QED) is 0.489. The molecule has 0 spiro atoms. The second kappa shape index (κ2) is 5.80. The van der Waals surface area contributed by atoms with Crippen molar-refractivity contribution in [1.82, 2.24) is 0 Å². The summed E-state index contributed by atoms with van der Waals surface area (Å²) in [6, 6.07) is 5.11. The van der Waals surface area contributed by atoms with Gasteiger partial charge in [0.25, 0.3) is 5.69 Å². The van der Waals surface area contributed by atoms with Gasteiger partial charge in [0, 0.05) is 24.9 Å². The van der Waals surface area contributed by atoms with Crippen LogP contribution in [0.4, 0.5) is 11.4 Å². The predicted octanol–water partition coefficient (Wildman–Crippen LogP) is 2.78. The molecule has 0 amide bonds. The summed E-state index contributed by atoms with van der Waals surface area (Å²) in [4.78, 5) is 10.3. The van der Waals surface area contributed by atoms with Gasteiger partial charge >= 0.3 is 0 Å². The highest BCUT2D eigenvalue weighted by molar-refractivity contribution is 7.65. The minimum absolute atomic E-state index is 0.148. The monoisotopic (exact) mass is 240 g/mol. The van der Waals surface area contributed by atoms with Gasteiger partial charge in [0.1, 0.15) is 0 Å². The Hall–Kier alpha value is -1.15. The van der Waals surface area contributed by atoms with E-state index in [-0.39, 0.29) is 18.5 Å². The number of nitro groups is 1. The van der Waals surface area contributed by atoms with E-state index < -0.39 is 0 Å². The second-order valence-electron chi connectivity index (χ2n) is 3.38. The molecule has 0 saturated carbocycles. The van der Waals surface area contributed by atoms with Crippen molar-refractivity contribution in [3.8, 4) is 0 Å². The first-order valence-electron chi connectivity index (χ1n) is 5.35. The molecule has 0 aliphatic carbocycles. The molecular formula is C11H17N2O2P.